The third-order valence-electron chi connectivity index (χ3n) is 5.20. The van der Waals surface area contributed by atoms with Gasteiger partial charge in [-0.1, -0.05) is 72.8 Å². The summed E-state index contributed by atoms with van der Waals surface area (Å²) in [5.41, 5.74) is 2.64. The largest absolute Gasteiger partial charge is 0.489 e. The number of hydrogen-bond donors (Lipinski definition) is 3. The zero-order valence-corrected chi connectivity index (χ0v) is 18.9. The van der Waals surface area contributed by atoms with Crippen LogP contribution in [0.15, 0.2) is 84.9 Å². The minimum absolute atomic E-state index is 0.0954. The Balaban J connectivity index is 1.61. The molecular formula is C27H28N2O5. The van der Waals surface area contributed by atoms with Gasteiger partial charge in [0.05, 0.1) is 0 Å². The number of aliphatic carboxylic acids is 1. The molecule has 2 amide bonds. The standard InChI is InChI=1S/C27H28N2O5/c1-19(30)28-24(16-20-8-4-2-5-9-20)26(31)29-25(27(32)33)17-21-12-14-23(15-13-21)34-18-22-10-6-3-7-11-22/h2-15,24-25H,16-18H2,1H3,(H,28,30)(H,29,31)(H,32,33)/t24-,25-/m0/s1. The van der Waals surface area contributed by atoms with Gasteiger partial charge in [-0.25, -0.2) is 4.79 Å². The van der Waals surface area contributed by atoms with E-state index >= 15 is 0 Å². The Bertz CT molecular complexity index is 1090. The molecule has 0 aliphatic carbocycles. The minimum atomic E-state index is -1.15. The van der Waals surface area contributed by atoms with Crippen molar-refractivity contribution in [3.05, 3.63) is 102 Å². The summed E-state index contributed by atoms with van der Waals surface area (Å²) in [7, 11) is 0. The molecule has 0 heterocycles. The fourth-order valence-electron chi connectivity index (χ4n) is 3.48. The quantitative estimate of drug-likeness (QED) is 0.408. The SMILES string of the molecule is CC(=O)N[C@@H](Cc1ccccc1)C(=O)N[C@@H](Cc1ccc(OCc2ccccc2)cc1)C(=O)O. The highest BCUT2D eigenvalue weighted by atomic mass is 16.5. The van der Waals surface area contributed by atoms with Crippen LogP contribution in [0.4, 0.5) is 0 Å². The van der Waals surface area contributed by atoms with Gasteiger partial charge in [0.15, 0.2) is 0 Å². The topological polar surface area (TPSA) is 105 Å². The molecule has 2 atom stereocenters. The summed E-state index contributed by atoms with van der Waals surface area (Å²) in [5, 5.41) is 14.9. The lowest BCUT2D eigenvalue weighted by atomic mass is 10.0. The molecule has 176 valence electrons. The molecule has 0 unspecified atom stereocenters. The number of carboxylic acids is 1. The van der Waals surface area contributed by atoms with E-state index in [-0.39, 0.29) is 18.7 Å². The molecule has 0 saturated heterocycles. The second-order valence-electron chi connectivity index (χ2n) is 7.96. The molecule has 0 aliphatic heterocycles. The van der Waals surface area contributed by atoms with E-state index in [1.54, 1.807) is 24.3 Å². The molecule has 7 nitrogen and oxygen atoms in total. The van der Waals surface area contributed by atoms with E-state index in [0.29, 0.717) is 12.4 Å². The third-order valence-corrected chi connectivity index (χ3v) is 5.20. The Morgan fingerprint density at radius 3 is 1.82 bits per heavy atom. The van der Waals surface area contributed by atoms with Gasteiger partial charge in [-0.3, -0.25) is 9.59 Å². The van der Waals surface area contributed by atoms with E-state index in [1.165, 1.54) is 6.92 Å². The highest BCUT2D eigenvalue weighted by molar-refractivity contribution is 5.90. The number of amides is 2. The van der Waals surface area contributed by atoms with E-state index in [0.717, 1.165) is 16.7 Å². The van der Waals surface area contributed by atoms with Crippen LogP contribution in [-0.2, 0) is 33.8 Å². The molecule has 0 aromatic heterocycles. The van der Waals surface area contributed by atoms with Crippen LogP contribution in [0.5, 0.6) is 5.75 Å². The first-order chi connectivity index (χ1) is 16.4. The molecule has 3 N–H and O–H groups in total. The average molecular weight is 461 g/mol. The lowest BCUT2D eigenvalue weighted by molar-refractivity contribution is -0.142. The van der Waals surface area contributed by atoms with Gasteiger partial charge in [0.2, 0.25) is 11.8 Å². The number of rotatable bonds is 11. The predicted octanol–water partition coefficient (Wildman–Crippen LogP) is 3.12. The maximum Gasteiger partial charge on any atom is 0.326 e. The summed E-state index contributed by atoms with van der Waals surface area (Å²) in [6, 6.07) is 24.1. The molecule has 34 heavy (non-hydrogen) atoms. The minimum Gasteiger partial charge on any atom is -0.489 e. The number of benzene rings is 3. The zero-order chi connectivity index (χ0) is 24.3. The van der Waals surface area contributed by atoms with E-state index in [4.69, 9.17) is 4.74 Å². The molecule has 0 aliphatic rings. The molecule has 0 saturated carbocycles. The number of nitrogens with one attached hydrogen (secondary N) is 2. The molecule has 0 fully saturated rings. The van der Waals surface area contributed by atoms with E-state index in [9.17, 15) is 19.5 Å². The van der Waals surface area contributed by atoms with E-state index in [1.807, 2.05) is 60.7 Å². The lowest BCUT2D eigenvalue weighted by Gasteiger charge is -2.21. The zero-order valence-electron chi connectivity index (χ0n) is 18.9. The molecule has 7 heteroatoms. The van der Waals surface area contributed by atoms with Crippen LogP contribution >= 0.6 is 0 Å². The monoisotopic (exact) mass is 460 g/mol. The summed E-state index contributed by atoms with van der Waals surface area (Å²) < 4.78 is 5.76. The van der Waals surface area contributed by atoms with Crippen LogP contribution < -0.4 is 15.4 Å². The van der Waals surface area contributed by atoms with Crippen molar-refractivity contribution in [2.45, 2.75) is 38.5 Å². The second-order valence-corrected chi connectivity index (χ2v) is 7.96. The summed E-state index contributed by atoms with van der Waals surface area (Å²) >= 11 is 0. The third kappa shape index (κ3) is 7.78. The normalized spacial score (nSPS) is 12.3. The smallest absolute Gasteiger partial charge is 0.326 e. The molecule has 3 aromatic carbocycles. The van der Waals surface area contributed by atoms with Crippen LogP contribution in [0.25, 0.3) is 0 Å². The van der Waals surface area contributed by atoms with Crippen molar-refractivity contribution in [3.63, 3.8) is 0 Å². The highest BCUT2D eigenvalue weighted by Gasteiger charge is 2.26. The lowest BCUT2D eigenvalue weighted by Crippen LogP contribution is -2.52. The van der Waals surface area contributed by atoms with Gasteiger partial charge in [-0.2, -0.15) is 0 Å². The van der Waals surface area contributed by atoms with Gasteiger partial charge in [-0.05, 0) is 28.8 Å². The van der Waals surface area contributed by atoms with Crippen molar-refractivity contribution in [2.75, 3.05) is 0 Å². The molecule has 0 radical (unpaired) electrons. The van der Waals surface area contributed by atoms with Crippen molar-refractivity contribution < 1.29 is 24.2 Å². The predicted molar refractivity (Wildman–Crippen MR) is 128 cm³/mol. The van der Waals surface area contributed by atoms with Gasteiger partial charge in [-0.15, -0.1) is 0 Å². The number of ether oxygens (including phenoxy) is 1. The molecule has 0 bridgehead atoms. The first-order valence-electron chi connectivity index (χ1n) is 11.0. The summed E-state index contributed by atoms with van der Waals surface area (Å²) in [6.07, 6.45) is 0.351. The Morgan fingerprint density at radius 2 is 1.26 bits per heavy atom. The molecular weight excluding hydrogens is 432 g/mol. The van der Waals surface area contributed by atoms with Gasteiger partial charge in [0, 0.05) is 19.8 Å². The maximum atomic E-state index is 12.9. The maximum absolute atomic E-state index is 12.9. The summed E-state index contributed by atoms with van der Waals surface area (Å²) in [6.45, 7) is 1.75. The summed E-state index contributed by atoms with van der Waals surface area (Å²) in [5.74, 6) is -1.40. The van der Waals surface area contributed by atoms with Crippen molar-refractivity contribution in [3.8, 4) is 5.75 Å². The fraction of sp³-hybridized carbons (Fsp3) is 0.222. The van der Waals surface area contributed by atoms with Gasteiger partial charge in [0.25, 0.3) is 0 Å². The van der Waals surface area contributed by atoms with E-state index < -0.39 is 24.0 Å². The number of carbonyl (C=O) groups excluding carboxylic acids is 2. The van der Waals surface area contributed by atoms with Crippen molar-refractivity contribution >= 4 is 17.8 Å². The van der Waals surface area contributed by atoms with Crippen molar-refractivity contribution in [1.29, 1.82) is 0 Å². The molecule has 0 spiro atoms. The average Bonchev–Trinajstić information content (AvgIpc) is 2.83. The van der Waals surface area contributed by atoms with Crippen LogP contribution in [0.1, 0.15) is 23.6 Å². The Labute approximate surface area is 198 Å². The van der Waals surface area contributed by atoms with Crippen LogP contribution in [0.2, 0.25) is 0 Å². The Morgan fingerprint density at radius 1 is 0.735 bits per heavy atom. The van der Waals surface area contributed by atoms with Gasteiger partial charge >= 0.3 is 5.97 Å². The Hall–Kier alpha value is -4.13. The van der Waals surface area contributed by atoms with Gasteiger partial charge in [0.1, 0.15) is 24.4 Å². The second kappa shape index (κ2) is 12.2. The van der Waals surface area contributed by atoms with Crippen LogP contribution in [-0.4, -0.2) is 35.0 Å². The summed E-state index contributed by atoms with van der Waals surface area (Å²) in [4.78, 5) is 36.3. The van der Waals surface area contributed by atoms with E-state index in [2.05, 4.69) is 10.6 Å². The van der Waals surface area contributed by atoms with Crippen LogP contribution in [0, 0.1) is 0 Å². The number of carbonyl (C=O) groups is 3. The first kappa shape index (κ1) is 24.5. The number of hydrogen-bond acceptors (Lipinski definition) is 4. The first-order valence-corrected chi connectivity index (χ1v) is 11.0. The number of carboxylic acid groups (broad SMARTS) is 1. The van der Waals surface area contributed by atoms with Gasteiger partial charge < -0.3 is 20.5 Å². The molecule has 3 aromatic rings. The molecule has 3 rings (SSSR count). The van der Waals surface area contributed by atoms with Crippen molar-refractivity contribution in [2.24, 2.45) is 0 Å². The highest BCUT2D eigenvalue weighted by Crippen LogP contribution is 2.16. The fourth-order valence-corrected chi connectivity index (χ4v) is 3.48. The van der Waals surface area contributed by atoms with Crippen LogP contribution in [0.3, 0.4) is 0 Å². The van der Waals surface area contributed by atoms with Crippen molar-refractivity contribution in [1.82, 2.24) is 10.6 Å². The Kier molecular flexibility index (Phi) is 8.80.